The van der Waals surface area contributed by atoms with Gasteiger partial charge < -0.3 is 29.9 Å². The predicted molar refractivity (Wildman–Crippen MR) is 119 cm³/mol. The van der Waals surface area contributed by atoms with Crippen molar-refractivity contribution in [1.29, 1.82) is 0 Å². The summed E-state index contributed by atoms with van der Waals surface area (Å²) in [5.41, 5.74) is 4.17. The Morgan fingerprint density at radius 3 is 2.61 bits per heavy atom. The summed E-state index contributed by atoms with van der Waals surface area (Å²) in [5, 5.41) is 5.38. The molecule has 2 aliphatic rings. The van der Waals surface area contributed by atoms with Gasteiger partial charge in [-0.05, 0) is 49.8 Å². The van der Waals surface area contributed by atoms with Crippen molar-refractivity contribution >= 4 is 23.2 Å². The maximum absolute atomic E-state index is 12.4. The van der Waals surface area contributed by atoms with Crippen LogP contribution in [0.25, 0.3) is 0 Å². The molecule has 0 saturated heterocycles. The third-order valence-corrected chi connectivity index (χ3v) is 5.70. The Hall–Kier alpha value is -3.26. The van der Waals surface area contributed by atoms with Crippen LogP contribution in [0.3, 0.4) is 0 Å². The molecule has 2 amide bonds. The molecule has 0 bridgehead atoms. The third kappa shape index (κ3) is 4.59. The highest BCUT2D eigenvalue weighted by molar-refractivity contribution is 6.39. The van der Waals surface area contributed by atoms with E-state index in [1.807, 2.05) is 19.0 Å². The van der Waals surface area contributed by atoms with Crippen LogP contribution in [0.15, 0.2) is 36.4 Å². The molecule has 4 rings (SSSR count). The number of nitrogens with zero attached hydrogens (tertiary/aromatic N) is 2. The van der Waals surface area contributed by atoms with Gasteiger partial charge in [0.2, 0.25) is 0 Å². The average Bonchev–Trinajstić information content (AvgIpc) is 3.13. The molecular weight excluding hydrogens is 396 g/mol. The third-order valence-electron chi connectivity index (χ3n) is 5.70. The van der Waals surface area contributed by atoms with Gasteiger partial charge in [-0.1, -0.05) is 12.1 Å². The Bertz CT molecular complexity index is 992. The molecule has 2 aromatic carbocycles. The van der Waals surface area contributed by atoms with Gasteiger partial charge in [-0.2, -0.15) is 0 Å². The lowest BCUT2D eigenvalue weighted by molar-refractivity contribution is -0.136. The summed E-state index contributed by atoms with van der Waals surface area (Å²) >= 11 is 0. The van der Waals surface area contributed by atoms with Gasteiger partial charge in [-0.25, -0.2) is 0 Å². The summed E-state index contributed by atoms with van der Waals surface area (Å²) in [4.78, 5) is 29.1. The Morgan fingerprint density at radius 2 is 1.84 bits per heavy atom. The SMILES string of the molecule is CN1CCc2cc([C@H](CNC(=O)C(=O)Nc3ccc4c(c3)OCCO4)N(C)C)ccc21. The van der Waals surface area contributed by atoms with E-state index in [1.54, 1.807) is 18.2 Å². The highest BCUT2D eigenvalue weighted by Gasteiger charge is 2.22. The van der Waals surface area contributed by atoms with Crippen LogP contribution in [0.1, 0.15) is 17.2 Å². The number of hydrogen-bond donors (Lipinski definition) is 2. The minimum absolute atomic E-state index is 0.0396. The Balaban J connectivity index is 1.37. The molecule has 2 N–H and O–H groups in total. The first kappa shape index (κ1) is 21.0. The minimum Gasteiger partial charge on any atom is -0.486 e. The van der Waals surface area contributed by atoms with E-state index in [0.29, 0.717) is 36.9 Å². The average molecular weight is 425 g/mol. The van der Waals surface area contributed by atoms with E-state index < -0.39 is 11.8 Å². The van der Waals surface area contributed by atoms with Crippen LogP contribution in [-0.2, 0) is 16.0 Å². The summed E-state index contributed by atoms with van der Waals surface area (Å²) in [6.45, 7) is 2.29. The number of hydrogen-bond acceptors (Lipinski definition) is 6. The Labute approximate surface area is 182 Å². The van der Waals surface area contributed by atoms with Gasteiger partial charge in [0.05, 0.1) is 6.04 Å². The molecule has 2 aromatic rings. The van der Waals surface area contributed by atoms with Crippen LogP contribution in [-0.4, -0.2) is 64.2 Å². The van der Waals surface area contributed by atoms with E-state index in [0.717, 1.165) is 18.5 Å². The molecule has 0 aromatic heterocycles. The van der Waals surface area contributed by atoms with Crippen molar-refractivity contribution in [1.82, 2.24) is 10.2 Å². The van der Waals surface area contributed by atoms with Gasteiger partial charge in [-0.15, -0.1) is 0 Å². The highest BCUT2D eigenvalue weighted by atomic mass is 16.6. The number of fused-ring (bicyclic) bond motifs is 2. The smallest absolute Gasteiger partial charge is 0.313 e. The van der Waals surface area contributed by atoms with Gasteiger partial charge in [0.15, 0.2) is 11.5 Å². The number of ether oxygens (including phenoxy) is 2. The molecule has 1 atom stereocenters. The Kier molecular flexibility index (Phi) is 5.99. The second-order valence-electron chi connectivity index (χ2n) is 8.06. The fourth-order valence-electron chi connectivity index (χ4n) is 3.97. The van der Waals surface area contributed by atoms with Crippen molar-refractivity contribution < 1.29 is 19.1 Å². The van der Waals surface area contributed by atoms with E-state index in [2.05, 4.69) is 40.8 Å². The normalized spacial score (nSPS) is 15.4. The molecule has 8 heteroatoms. The van der Waals surface area contributed by atoms with E-state index in [1.165, 1.54) is 11.3 Å². The van der Waals surface area contributed by atoms with Crippen molar-refractivity contribution in [2.75, 3.05) is 57.7 Å². The Morgan fingerprint density at radius 1 is 1.06 bits per heavy atom. The zero-order valence-electron chi connectivity index (χ0n) is 18.1. The van der Waals surface area contributed by atoms with Crippen molar-refractivity contribution in [3.63, 3.8) is 0 Å². The molecule has 0 saturated carbocycles. The van der Waals surface area contributed by atoms with E-state index in [4.69, 9.17) is 9.47 Å². The van der Waals surface area contributed by atoms with Crippen molar-refractivity contribution in [3.8, 4) is 11.5 Å². The predicted octanol–water partition coefficient (Wildman–Crippen LogP) is 1.81. The molecule has 2 aliphatic heterocycles. The zero-order chi connectivity index (χ0) is 22.0. The van der Waals surface area contributed by atoms with E-state index >= 15 is 0 Å². The zero-order valence-corrected chi connectivity index (χ0v) is 18.1. The van der Waals surface area contributed by atoms with Crippen molar-refractivity contribution in [2.45, 2.75) is 12.5 Å². The fraction of sp³-hybridized carbons (Fsp3) is 0.391. The standard InChI is InChI=1S/C23H28N4O4/c1-26(2)19(15-4-6-18-16(12-15)8-9-27(18)3)14-24-22(28)23(29)25-17-5-7-20-21(13-17)31-11-10-30-20/h4-7,12-13,19H,8-11,14H2,1-3H3,(H,24,28)(H,25,29)/t19-/m0/s1. The molecule has 8 nitrogen and oxygen atoms in total. The molecule has 0 unspecified atom stereocenters. The second kappa shape index (κ2) is 8.85. The number of likely N-dealkylation sites (N-methyl/N-ethyl adjacent to an activating group) is 2. The van der Waals surface area contributed by atoms with Gasteiger partial charge >= 0.3 is 11.8 Å². The van der Waals surface area contributed by atoms with Crippen molar-refractivity contribution in [3.05, 3.63) is 47.5 Å². The van der Waals surface area contributed by atoms with Crippen LogP contribution in [0.2, 0.25) is 0 Å². The number of amides is 2. The number of anilines is 2. The van der Waals surface area contributed by atoms with Crippen LogP contribution in [0.4, 0.5) is 11.4 Å². The lowest BCUT2D eigenvalue weighted by Gasteiger charge is -2.26. The van der Waals surface area contributed by atoms with E-state index in [-0.39, 0.29) is 6.04 Å². The molecule has 0 spiro atoms. The second-order valence-corrected chi connectivity index (χ2v) is 8.06. The highest BCUT2D eigenvalue weighted by Crippen LogP contribution is 2.33. The van der Waals surface area contributed by atoms with Gasteiger partial charge in [0, 0.05) is 37.6 Å². The van der Waals surface area contributed by atoms with Crippen LogP contribution in [0.5, 0.6) is 11.5 Å². The van der Waals surface area contributed by atoms with Crippen LogP contribution in [0, 0.1) is 0 Å². The van der Waals surface area contributed by atoms with Crippen LogP contribution >= 0.6 is 0 Å². The monoisotopic (exact) mass is 424 g/mol. The topological polar surface area (TPSA) is 83.1 Å². The first-order valence-corrected chi connectivity index (χ1v) is 10.4. The summed E-state index contributed by atoms with van der Waals surface area (Å²) in [6.07, 6.45) is 1.02. The number of benzene rings is 2. The maximum Gasteiger partial charge on any atom is 0.313 e. The summed E-state index contributed by atoms with van der Waals surface area (Å²) in [5.74, 6) is -0.213. The molecule has 164 valence electrons. The first-order chi connectivity index (χ1) is 14.9. The molecule has 0 fully saturated rings. The lowest BCUT2D eigenvalue weighted by Crippen LogP contribution is -2.40. The lowest BCUT2D eigenvalue weighted by atomic mass is 10.0. The fourth-order valence-corrected chi connectivity index (χ4v) is 3.97. The molecule has 31 heavy (non-hydrogen) atoms. The largest absolute Gasteiger partial charge is 0.486 e. The number of carbonyl (C=O) groups excluding carboxylic acids is 2. The number of nitrogens with one attached hydrogen (secondary N) is 2. The van der Waals surface area contributed by atoms with Gasteiger partial charge in [0.25, 0.3) is 0 Å². The number of carbonyl (C=O) groups is 2. The molecule has 0 aliphatic carbocycles. The van der Waals surface area contributed by atoms with E-state index in [9.17, 15) is 9.59 Å². The van der Waals surface area contributed by atoms with Gasteiger partial charge in [0.1, 0.15) is 13.2 Å². The quantitative estimate of drug-likeness (QED) is 0.713. The summed E-state index contributed by atoms with van der Waals surface area (Å²) in [7, 11) is 6.02. The molecular formula is C23H28N4O4. The van der Waals surface area contributed by atoms with Crippen LogP contribution < -0.4 is 25.0 Å². The maximum atomic E-state index is 12.4. The van der Waals surface area contributed by atoms with Gasteiger partial charge in [-0.3, -0.25) is 9.59 Å². The summed E-state index contributed by atoms with van der Waals surface area (Å²) in [6, 6.07) is 11.4. The summed E-state index contributed by atoms with van der Waals surface area (Å²) < 4.78 is 11.0. The van der Waals surface area contributed by atoms with Crippen molar-refractivity contribution in [2.24, 2.45) is 0 Å². The minimum atomic E-state index is -0.718. The number of rotatable bonds is 5. The first-order valence-electron chi connectivity index (χ1n) is 10.4. The molecule has 0 radical (unpaired) electrons. The molecule has 2 heterocycles.